The number of fused-ring (bicyclic) bond motifs is 1. The minimum absolute atomic E-state index is 0.258. The fourth-order valence-electron chi connectivity index (χ4n) is 2.59. The highest BCUT2D eigenvalue weighted by molar-refractivity contribution is 6.10. The molecule has 2 N–H and O–H groups in total. The van der Waals surface area contributed by atoms with Crippen LogP contribution in [0.25, 0.3) is 10.9 Å². The van der Waals surface area contributed by atoms with Crippen LogP contribution in [-0.2, 0) is 4.74 Å². The van der Waals surface area contributed by atoms with Crippen molar-refractivity contribution in [2.45, 2.75) is 6.92 Å². The Kier molecular flexibility index (Phi) is 4.04. The molecule has 0 saturated heterocycles. The molecule has 0 aliphatic heterocycles. The van der Waals surface area contributed by atoms with Crippen molar-refractivity contribution in [1.29, 1.82) is 0 Å². The summed E-state index contributed by atoms with van der Waals surface area (Å²) in [4.78, 5) is 27.3. The van der Waals surface area contributed by atoms with Crippen molar-refractivity contribution >= 4 is 28.5 Å². The molecule has 0 radical (unpaired) electrons. The Morgan fingerprint density at radius 3 is 2.67 bits per heavy atom. The number of esters is 1. The first-order valence-corrected chi connectivity index (χ1v) is 7.27. The van der Waals surface area contributed by atoms with Crippen molar-refractivity contribution in [1.82, 2.24) is 4.98 Å². The van der Waals surface area contributed by atoms with Gasteiger partial charge >= 0.3 is 5.97 Å². The third-order valence-corrected chi connectivity index (χ3v) is 3.83. The van der Waals surface area contributed by atoms with Gasteiger partial charge in [-0.25, -0.2) is 9.18 Å². The Hall–Kier alpha value is -3.15. The van der Waals surface area contributed by atoms with E-state index in [0.717, 1.165) is 0 Å². The summed E-state index contributed by atoms with van der Waals surface area (Å²) in [7, 11) is 1.28. The number of anilines is 1. The van der Waals surface area contributed by atoms with E-state index in [-0.39, 0.29) is 11.4 Å². The minimum Gasteiger partial charge on any atom is -0.465 e. The van der Waals surface area contributed by atoms with Crippen molar-refractivity contribution in [3.8, 4) is 0 Å². The number of para-hydroxylation sites is 1. The summed E-state index contributed by atoms with van der Waals surface area (Å²) in [6.45, 7) is 1.74. The van der Waals surface area contributed by atoms with Crippen LogP contribution >= 0.6 is 0 Å². The van der Waals surface area contributed by atoms with Gasteiger partial charge in [0.15, 0.2) is 0 Å². The molecule has 0 bridgehead atoms. The molecule has 3 aromatic rings. The number of H-pyrrole nitrogens is 1. The highest BCUT2D eigenvalue weighted by Gasteiger charge is 2.18. The lowest BCUT2D eigenvalue weighted by molar-refractivity contribution is 0.0602. The number of hydrogen-bond donors (Lipinski definition) is 2. The normalized spacial score (nSPS) is 10.6. The summed E-state index contributed by atoms with van der Waals surface area (Å²) in [6.07, 6.45) is 0. The quantitative estimate of drug-likeness (QED) is 0.722. The van der Waals surface area contributed by atoms with Crippen LogP contribution in [0, 0.1) is 12.7 Å². The molecule has 0 aliphatic carbocycles. The summed E-state index contributed by atoms with van der Waals surface area (Å²) in [5.41, 5.74) is 2.22. The summed E-state index contributed by atoms with van der Waals surface area (Å²) < 4.78 is 18.1. The standard InChI is InChI=1S/C18H15FN2O3/c1-10-13-9-11(19)7-8-15(13)20-16(10)17(22)21-14-6-4-3-5-12(14)18(23)24-2/h3-9,20H,1-2H3,(H,21,22). The molecule has 1 heterocycles. The SMILES string of the molecule is COC(=O)c1ccccc1NC(=O)c1[nH]c2ccc(F)cc2c1C. The molecule has 0 saturated carbocycles. The van der Waals surface area contributed by atoms with Crippen LogP contribution in [0.1, 0.15) is 26.4 Å². The summed E-state index contributed by atoms with van der Waals surface area (Å²) >= 11 is 0. The molecule has 1 aromatic heterocycles. The van der Waals surface area contributed by atoms with E-state index < -0.39 is 11.9 Å². The number of carbonyl (C=O) groups excluding carboxylic acids is 2. The van der Waals surface area contributed by atoms with E-state index in [4.69, 9.17) is 4.74 Å². The molecule has 5 nitrogen and oxygen atoms in total. The molecule has 24 heavy (non-hydrogen) atoms. The van der Waals surface area contributed by atoms with Crippen molar-refractivity contribution in [3.05, 3.63) is 65.1 Å². The molecule has 3 rings (SSSR count). The molecule has 6 heteroatoms. The first-order chi connectivity index (χ1) is 11.5. The van der Waals surface area contributed by atoms with Crippen LogP contribution in [0.4, 0.5) is 10.1 Å². The van der Waals surface area contributed by atoms with Gasteiger partial charge in [0.25, 0.3) is 5.91 Å². The van der Waals surface area contributed by atoms with Gasteiger partial charge in [-0.1, -0.05) is 12.1 Å². The average Bonchev–Trinajstić information content (AvgIpc) is 2.91. The van der Waals surface area contributed by atoms with E-state index in [1.54, 1.807) is 37.3 Å². The number of methoxy groups -OCH3 is 1. The zero-order valence-electron chi connectivity index (χ0n) is 13.1. The van der Waals surface area contributed by atoms with Crippen LogP contribution < -0.4 is 5.32 Å². The van der Waals surface area contributed by atoms with Gasteiger partial charge in [-0.3, -0.25) is 4.79 Å². The zero-order valence-corrected chi connectivity index (χ0v) is 13.1. The zero-order chi connectivity index (χ0) is 17.3. The number of aryl methyl sites for hydroxylation is 1. The fraction of sp³-hybridized carbons (Fsp3) is 0.111. The second-order valence-electron chi connectivity index (χ2n) is 5.31. The van der Waals surface area contributed by atoms with E-state index in [1.807, 2.05) is 0 Å². The topological polar surface area (TPSA) is 71.2 Å². The van der Waals surface area contributed by atoms with Gasteiger partial charge in [0, 0.05) is 10.9 Å². The van der Waals surface area contributed by atoms with Crippen LogP contribution in [0.3, 0.4) is 0 Å². The van der Waals surface area contributed by atoms with Gasteiger partial charge < -0.3 is 15.0 Å². The average molecular weight is 326 g/mol. The lowest BCUT2D eigenvalue weighted by atomic mass is 10.1. The lowest BCUT2D eigenvalue weighted by Gasteiger charge is -2.09. The predicted molar refractivity (Wildman–Crippen MR) is 88.7 cm³/mol. The highest BCUT2D eigenvalue weighted by atomic mass is 19.1. The van der Waals surface area contributed by atoms with Gasteiger partial charge in [0.2, 0.25) is 0 Å². The Morgan fingerprint density at radius 2 is 1.92 bits per heavy atom. The van der Waals surface area contributed by atoms with Gasteiger partial charge in [-0.2, -0.15) is 0 Å². The summed E-state index contributed by atoms with van der Waals surface area (Å²) in [5, 5.41) is 3.33. The highest BCUT2D eigenvalue weighted by Crippen LogP contribution is 2.24. The van der Waals surface area contributed by atoms with Crippen molar-refractivity contribution in [2.75, 3.05) is 12.4 Å². The van der Waals surface area contributed by atoms with Crippen molar-refractivity contribution in [3.63, 3.8) is 0 Å². The monoisotopic (exact) mass is 326 g/mol. The van der Waals surface area contributed by atoms with Crippen LogP contribution in [-0.4, -0.2) is 24.0 Å². The number of aromatic nitrogens is 1. The van der Waals surface area contributed by atoms with E-state index in [1.165, 1.54) is 19.2 Å². The maximum Gasteiger partial charge on any atom is 0.339 e. The van der Waals surface area contributed by atoms with Gasteiger partial charge in [0.05, 0.1) is 18.4 Å². The molecule has 122 valence electrons. The Balaban J connectivity index is 1.97. The van der Waals surface area contributed by atoms with E-state index >= 15 is 0 Å². The third kappa shape index (κ3) is 2.74. The minimum atomic E-state index is -0.540. The molecular formula is C18H15FN2O3. The number of nitrogens with one attached hydrogen (secondary N) is 2. The number of halogens is 1. The number of rotatable bonds is 3. The Morgan fingerprint density at radius 1 is 1.17 bits per heavy atom. The van der Waals surface area contributed by atoms with Crippen LogP contribution in [0.2, 0.25) is 0 Å². The van der Waals surface area contributed by atoms with Crippen LogP contribution in [0.5, 0.6) is 0 Å². The van der Waals surface area contributed by atoms with Gasteiger partial charge in [-0.15, -0.1) is 0 Å². The molecule has 0 aliphatic rings. The van der Waals surface area contributed by atoms with E-state index in [9.17, 15) is 14.0 Å². The Bertz CT molecular complexity index is 947. The predicted octanol–water partition coefficient (Wildman–Crippen LogP) is 3.65. The molecule has 0 unspecified atom stereocenters. The van der Waals surface area contributed by atoms with Crippen molar-refractivity contribution < 1.29 is 18.7 Å². The molecule has 1 amide bonds. The molecule has 2 aromatic carbocycles. The second kappa shape index (κ2) is 6.16. The number of hydrogen-bond acceptors (Lipinski definition) is 3. The molecule has 0 fully saturated rings. The number of aromatic amines is 1. The van der Waals surface area contributed by atoms with Gasteiger partial charge in [-0.05, 0) is 42.8 Å². The number of ether oxygens (including phenoxy) is 1. The molecule has 0 atom stereocenters. The maximum atomic E-state index is 13.4. The van der Waals surface area contributed by atoms with E-state index in [2.05, 4.69) is 10.3 Å². The second-order valence-corrected chi connectivity index (χ2v) is 5.31. The van der Waals surface area contributed by atoms with Crippen molar-refractivity contribution in [2.24, 2.45) is 0 Å². The maximum absolute atomic E-state index is 13.4. The fourth-order valence-corrected chi connectivity index (χ4v) is 2.59. The third-order valence-electron chi connectivity index (χ3n) is 3.83. The first-order valence-electron chi connectivity index (χ1n) is 7.27. The van der Waals surface area contributed by atoms with Gasteiger partial charge in [0.1, 0.15) is 11.5 Å². The summed E-state index contributed by atoms with van der Waals surface area (Å²) in [6, 6.07) is 10.8. The number of benzene rings is 2. The number of carbonyl (C=O) groups is 2. The van der Waals surface area contributed by atoms with Crippen LogP contribution in [0.15, 0.2) is 42.5 Å². The summed E-state index contributed by atoms with van der Waals surface area (Å²) in [5.74, 6) is -1.32. The smallest absolute Gasteiger partial charge is 0.339 e. The molecule has 0 spiro atoms. The lowest BCUT2D eigenvalue weighted by Crippen LogP contribution is -2.16. The molecular weight excluding hydrogens is 311 g/mol. The Labute approximate surface area is 137 Å². The first kappa shape index (κ1) is 15.7. The largest absolute Gasteiger partial charge is 0.465 e. The van der Waals surface area contributed by atoms with E-state index in [0.29, 0.717) is 27.8 Å². The number of amides is 1.